The summed E-state index contributed by atoms with van der Waals surface area (Å²) >= 11 is 0. The number of rotatable bonds is 4. The zero-order valence-electron chi connectivity index (χ0n) is 14.7. The van der Waals surface area contributed by atoms with E-state index in [0.717, 1.165) is 12.1 Å². The van der Waals surface area contributed by atoms with Gasteiger partial charge in [-0.25, -0.2) is 17.2 Å². The molecule has 27 heavy (non-hydrogen) atoms. The third kappa shape index (κ3) is 4.32. The molecule has 1 N–H and O–H groups in total. The standard InChI is InChI=1S/C18H19F2N3O3S/c1-22-7-9-23(10-8-22)27(25,26)15-4-2-3-13(11-15)18(24)21-17-6-5-14(19)12-16(17)20/h2-6,11-12H,7-10H2,1H3,(H,21,24). The normalized spacial score (nSPS) is 16.3. The molecular weight excluding hydrogens is 376 g/mol. The first-order chi connectivity index (χ1) is 12.8. The number of hydrogen-bond acceptors (Lipinski definition) is 4. The molecule has 3 rings (SSSR count). The van der Waals surface area contributed by atoms with E-state index in [-0.39, 0.29) is 16.1 Å². The molecular formula is C18H19F2N3O3S. The predicted molar refractivity (Wildman–Crippen MR) is 97.0 cm³/mol. The van der Waals surface area contributed by atoms with Gasteiger partial charge in [-0.05, 0) is 37.4 Å². The lowest BCUT2D eigenvalue weighted by Crippen LogP contribution is -2.47. The maximum atomic E-state index is 13.7. The van der Waals surface area contributed by atoms with Gasteiger partial charge in [0.15, 0.2) is 0 Å². The first-order valence-electron chi connectivity index (χ1n) is 8.32. The fraction of sp³-hybridized carbons (Fsp3) is 0.278. The molecule has 1 heterocycles. The van der Waals surface area contributed by atoms with Crippen molar-refractivity contribution in [2.75, 3.05) is 38.5 Å². The van der Waals surface area contributed by atoms with Gasteiger partial charge < -0.3 is 10.2 Å². The van der Waals surface area contributed by atoms with Crippen LogP contribution in [0.25, 0.3) is 0 Å². The number of amides is 1. The maximum absolute atomic E-state index is 13.7. The van der Waals surface area contributed by atoms with Gasteiger partial charge in [0.2, 0.25) is 10.0 Å². The second-order valence-corrected chi connectivity index (χ2v) is 8.25. The summed E-state index contributed by atoms with van der Waals surface area (Å²) < 4.78 is 53.6. The van der Waals surface area contributed by atoms with Crippen molar-refractivity contribution in [2.24, 2.45) is 0 Å². The Morgan fingerprint density at radius 2 is 1.74 bits per heavy atom. The van der Waals surface area contributed by atoms with Crippen molar-refractivity contribution < 1.29 is 22.0 Å². The number of piperazine rings is 1. The molecule has 0 radical (unpaired) electrons. The van der Waals surface area contributed by atoms with Crippen LogP contribution in [0.2, 0.25) is 0 Å². The van der Waals surface area contributed by atoms with E-state index in [1.807, 2.05) is 11.9 Å². The number of carbonyl (C=O) groups excluding carboxylic acids is 1. The number of halogens is 2. The van der Waals surface area contributed by atoms with Crippen molar-refractivity contribution in [3.8, 4) is 0 Å². The van der Waals surface area contributed by atoms with Crippen LogP contribution in [-0.4, -0.2) is 56.8 Å². The topological polar surface area (TPSA) is 69.7 Å². The Morgan fingerprint density at radius 1 is 1.04 bits per heavy atom. The molecule has 0 aromatic heterocycles. The Labute approximate surface area is 156 Å². The third-order valence-electron chi connectivity index (χ3n) is 4.38. The molecule has 0 aliphatic carbocycles. The molecule has 2 aromatic carbocycles. The number of anilines is 1. The Bertz CT molecular complexity index is 958. The molecule has 1 fully saturated rings. The highest BCUT2D eigenvalue weighted by Crippen LogP contribution is 2.20. The Morgan fingerprint density at radius 3 is 2.41 bits per heavy atom. The summed E-state index contributed by atoms with van der Waals surface area (Å²) in [6.45, 7) is 2.00. The number of carbonyl (C=O) groups is 1. The van der Waals surface area contributed by atoms with Gasteiger partial charge in [-0.3, -0.25) is 4.79 Å². The molecule has 0 atom stereocenters. The van der Waals surface area contributed by atoms with Crippen molar-refractivity contribution in [2.45, 2.75) is 4.90 Å². The van der Waals surface area contributed by atoms with E-state index < -0.39 is 27.6 Å². The lowest BCUT2D eigenvalue weighted by atomic mass is 10.2. The van der Waals surface area contributed by atoms with Crippen molar-refractivity contribution in [1.82, 2.24) is 9.21 Å². The highest BCUT2D eigenvalue weighted by molar-refractivity contribution is 7.89. The van der Waals surface area contributed by atoms with Gasteiger partial charge in [0.1, 0.15) is 11.6 Å². The van der Waals surface area contributed by atoms with Crippen LogP contribution in [0, 0.1) is 11.6 Å². The summed E-state index contributed by atoms with van der Waals surface area (Å²) in [6.07, 6.45) is 0. The van der Waals surface area contributed by atoms with E-state index in [9.17, 15) is 22.0 Å². The predicted octanol–water partition coefficient (Wildman–Crippen LogP) is 2.15. The summed E-state index contributed by atoms with van der Waals surface area (Å²) in [7, 11) is -1.80. The summed E-state index contributed by atoms with van der Waals surface area (Å²) in [4.78, 5) is 14.4. The number of hydrogen-bond donors (Lipinski definition) is 1. The molecule has 6 nitrogen and oxygen atoms in total. The quantitative estimate of drug-likeness (QED) is 0.861. The Balaban J connectivity index is 1.81. The van der Waals surface area contributed by atoms with Crippen LogP contribution in [0.4, 0.5) is 14.5 Å². The van der Waals surface area contributed by atoms with Gasteiger partial charge >= 0.3 is 0 Å². The lowest BCUT2D eigenvalue weighted by molar-refractivity contribution is 0.102. The van der Waals surface area contributed by atoms with Crippen molar-refractivity contribution in [1.29, 1.82) is 0 Å². The summed E-state index contributed by atoms with van der Waals surface area (Å²) in [5.41, 5.74) is -0.123. The Hall–Kier alpha value is -2.36. The average Bonchev–Trinajstić information content (AvgIpc) is 2.64. The van der Waals surface area contributed by atoms with Crippen LogP contribution >= 0.6 is 0 Å². The molecule has 0 spiro atoms. The second-order valence-electron chi connectivity index (χ2n) is 6.31. The summed E-state index contributed by atoms with van der Waals surface area (Å²) in [5, 5.41) is 2.32. The molecule has 144 valence electrons. The monoisotopic (exact) mass is 395 g/mol. The van der Waals surface area contributed by atoms with Gasteiger partial charge in [0.25, 0.3) is 5.91 Å². The van der Waals surface area contributed by atoms with E-state index in [1.165, 1.54) is 28.6 Å². The van der Waals surface area contributed by atoms with Gasteiger partial charge in [0, 0.05) is 37.8 Å². The fourth-order valence-corrected chi connectivity index (χ4v) is 4.23. The molecule has 1 saturated heterocycles. The van der Waals surface area contributed by atoms with E-state index in [4.69, 9.17) is 0 Å². The highest BCUT2D eigenvalue weighted by Gasteiger charge is 2.28. The minimum atomic E-state index is -3.73. The van der Waals surface area contributed by atoms with Crippen molar-refractivity contribution >= 4 is 21.6 Å². The van der Waals surface area contributed by atoms with Crippen molar-refractivity contribution in [3.05, 3.63) is 59.7 Å². The van der Waals surface area contributed by atoms with Crippen LogP contribution in [0.15, 0.2) is 47.4 Å². The van der Waals surface area contributed by atoms with E-state index in [2.05, 4.69) is 5.32 Å². The highest BCUT2D eigenvalue weighted by atomic mass is 32.2. The van der Waals surface area contributed by atoms with Crippen LogP contribution in [-0.2, 0) is 10.0 Å². The molecule has 0 unspecified atom stereocenters. The molecule has 2 aromatic rings. The van der Waals surface area contributed by atoms with E-state index >= 15 is 0 Å². The zero-order chi connectivity index (χ0) is 19.6. The Kier molecular flexibility index (Phi) is 5.54. The molecule has 1 aliphatic heterocycles. The molecule has 1 aliphatic rings. The van der Waals surface area contributed by atoms with E-state index in [1.54, 1.807) is 0 Å². The first kappa shape index (κ1) is 19.4. The van der Waals surface area contributed by atoms with Crippen LogP contribution in [0.3, 0.4) is 0 Å². The number of benzene rings is 2. The smallest absolute Gasteiger partial charge is 0.255 e. The summed E-state index contributed by atoms with van der Waals surface area (Å²) in [5.74, 6) is -2.36. The van der Waals surface area contributed by atoms with Gasteiger partial charge in [-0.1, -0.05) is 6.07 Å². The SMILES string of the molecule is CN1CCN(S(=O)(=O)c2cccc(C(=O)Nc3ccc(F)cc3F)c2)CC1. The largest absolute Gasteiger partial charge is 0.319 e. The second kappa shape index (κ2) is 7.71. The number of nitrogens with zero attached hydrogens (tertiary/aromatic N) is 2. The number of likely N-dealkylation sites (N-methyl/N-ethyl adjacent to an activating group) is 1. The third-order valence-corrected chi connectivity index (χ3v) is 6.27. The van der Waals surface area contributed by atoms with Gasteiger partial charge in [-0.15, -0.1) is 0 Å². The molecule has 0 saturated carbocycles. The van der Waals surface area contributed by atoms with Crippen LogP contribution in [0.1, 0.15) is 10.4 Å². The molecule has 0 bridgehead atoms. The fourth-order valence-electron chi connectivity index (χ4n) is 2.76. The van der Waals surface area contributed by atoms with E-state index in [0.29, 0.717) is 32.2 Å². The number of sulfonamides is 1. The first-order valence-corrected chi connectivity index (χ1v) is 9.76. The van der Waals surface area contributed by atoms with Gasteiger partial charge in [-0.2, -0.15) is 4.31 Å². The minimum absolute atomic E-state index is 0.000666. The minimum Gasteiger partial charge on any atom is -0.319 e. The van der Waals surface area contributed by atoms with Crippen LogP contribution < -0.4 is 5.32 Å². The zero-order valence-corrected chi connectivity index (χ0v) is 15.5. The average molecular weight is 395 g/mol. The van der Waals surface area contributed by atoms with Gasteiger partial charge in [0.05, 0.1) is 10.6 Å². The summed E-state index contributed by atoms with van der Waals surface area (Å²) in [6, 6.07) is 8.34. The molecule has 9 heteroatoms. The maximum Gasteiger partial charge on any atom is 0.255 e. The molecule has 1 amide bonds. The number of nitrogens with one attached hydrogen (secondary N) is 1. The van der Waals surface area contributed by atoms with Crippen LogP contribution in [0.5, 0.6) is 0 Å². The van der Waals surface area contributed by atoms with Crippen molar-refractivity contribution in [3.63, 3.8) is 0 Å². The lowest BCUT2D eigenvalue weighted by Gasteiger charge is -2.31.